The molecule has 2 N–H and O–H groups in total. The topological polar surface area (TPSA) is 123 Å². The molecule has 8 nitrogen and oxygen atoms in total. The first-order valence-corrected chi connectivity index (χ1v) is 9.10. The number of ether oxygens (including phenoxy) is 1. The minimum absolute atomic E-state index is 0.103. The fourth-order valence-corrected chi connectivity index (χ4v) is 2.68. The Kier molecular flexibility index (Phi) is 5.48. The van der Waals surface area contributed by atoms with Crippen LogP contribution in [0.5, 0.6) is 5.75 Å². The van der Waals surface area contributed by atoms with Crippen LogP contribution in [0.2, 0.25) is 0 Å². The predicted molar refractivity (Wildman–Crippen MR) is 87.8 cm³/mol. The third kappa shape index (κ3) is 4.60. The molecule has 0 saturated carbocycles. The van der Waals surface area contributed by atoms with Crippen molar-refractivity contribution in [1.82, 2.24) is 5.32 Å². The molecule has 0 radical (unpaired) electrons. The zero-order valence-corrected chi connectivity index (χ0v) is 14.4. The molecule has 0 fully saturated rings. The number of hydrogen-bond acceptors (Lipinski definition) is 6. The normalized spacial score (nSPS) is 11.1. The lowest BCUT2D eigenvalue weighted by atomic mass is 10.1. The Labute approximate surface area is 144 Å². The Hall–Kier alpha value is -2.81. The maximum atomic E-state index is 12.0. The number of benzene rings is 1. The number of sulfone groups is 1. The second-order valence-electron chi connectivity index (χ2n) is 5.23. The van der Waals surface area contributed by atoms with Crippen LogP contribution in [-0.2, 0) is 16.3 Å². The van der Waals surface area contributed by atoms with Crippen LogP contribution >= 0.6 is 0 Å². The number of furan rings is 1. The van der Waals surface area contributed by atoms with E-state index in [4.69, 9.17) is 14.3 Å². The number of hydrogen-bond donors (Lipinski definition) is 2. The minimum Gasteiger partial charge on any atom is -0.496 e. The molecule has 0 unspecified atom stereocenters. The van der Waals surface area contributed by atoms with Crippen molar-refractivity contribution in [2.24, 2.45) is 0 Å². The monoisotopic (exact) mass is 367 g/mol. The molecule has 0 aliphatic carbocycles. The second kappa shape index (κ2) is 7.39. The molecule has 1 aromatic heterocycles. The van der Waals surface area contributed by atoms with Crippen LogP contribution in [0.3, 0.4) is 0 Å². The molecular formula is C16H17NO7S. The van der Waals surface area contributed by atoms with E-state index in [1.165, 1.54) is 31.4 Å². The Morgan fingerprint density at radius 2 is 1.96 bits per heavy atom. The van der Waals surface area contributed by atoms with Gasteiger partial charge in [0.2, 0.25) is 14.9 Å². The first kappa shape index (κ1) is 18.5. The molecule has 0 aliphatic rings. The quantitative estimate of drug-likeness (QED) is 0.757. The van der Waals surface area contributed by atoms with Gasteiger partial charge in [-0.25, -0.2) is 13.2 Å². The van der Waals surface area contributed by atoms with Crippen molar-refractivity contribution < 1.29 is 32.3 Å². The summed E-state index contributed by atoms with van der Waals surface area (Å²) in [6, 6.07) is 6.98. The zero-order chi connectivity index (χ0) is 18.6. The predicted octanol–water partition coefficient (Wildman–Crippen LogP) is 1.36. The zero-order valence-electron chi connectivity index (χ0n) is 13.6. The number of carboxylic acids is 1. The summed E-state index contributed by atoms with van der Waals surface area (Å²) in [7, 11) is -2.08. The van der Waals surface area contributed by atoms with Crippen molar-refractivity contribution in [1.29, 1.82) is 0 Å². The van der Waals surface area contributed by atoms with E-state index < -0.39 is 21.7 Å². The van der Waals surface area contributed by atoms with Crippen molar-refractivity contribution in [3.63, 3.8) is 0 Å². The number of methoxy groups -OCH3 is 1. The number of carboxylic acid groups (broad SMARTS) is 1. The molecule has 9 heteroatoms. The van der Waals surface area contributed by atoms with Crippen molar-refractivity contribution in [2.75, 3.05) is 19.9 Å². The molecular weight excluding hydrogens is 350 g/mol. The van der Waals surface area contributed by atoms with Gasteiger partial charge in [0, 0.05) is 12.8 Å². The summed E-state index contributed by atoms with van der Waals surface area (Å²) >= 11 is 0. The lowest BCUT2D eigenvalue weighted by Crippen LogP contribution is -2.25. The molecule has 0 saturated heterocycles. The van der Waals surface area contributed by atoms with Crippen molar-refractivity contribution >= 4 is 21.7 Å². The maximum Gasteiger partial charge on any atom is 0.335 e. The first-order valence-electron chi connectivity index (χ1n) is 7.20. The number of rotatable bonds is 7. The van der Waals surface area contributed by atoms with E-state index >= 15 is 0 Å². The van der Waals surface area contributed by atoms with Gasteiger partial charge in [-0.3, -0.25) is 4.79 Å². The number of amides is 1. The van der Waals surface area contributed by atoms with Crippen molar-refractivity contribution in [2.45, 2.75) is 11.5 Å². The molecule has 1 amide bonds. The van der Waals surface area contributed by atoms with Crippen LogP contribution in [0.4, 0.5) is 0 Å². The molecule has 0 atom stereocenters. The molecule has 25 heavy (non-hydrogen) atoms. The highest BCUT2D eigenvalue weighted by Gasteiger charge is 2.17. The molecule has 1 heterocycles. The SMILES string of the molecule is COc1cc(C(=O)O)ccc1CCNC(=O)c1ccc(S(C)(=O)=O)o1. The largest absolute Gasteiger partial charge is 0.496 e. The maximum absolute atomic E-state index is 12.0. The lowest BCUT2D eigenvalue weighted by molar-refractivity contribution is 0.0696. The fourth-order valence-electron chi connectivity index (χ4n) is 2.12. The van der Waals surface area contributed by atoms with Gasteiger partial charge in [0.1, 0.15) is 5.75 Å². The molecule has 0 spiro atoms. The Balaban J connectivity index is 1.99. The summed E-state index contributed by atoms with van der Waals surface area (Å²) in [4.78, 5) is 22.9. The summed E-state index contributed by atoms with van der Waals surface area (Å²) in [5, 5.41) is 11.3. The number of carbonyl (C=O) groups is 2. The Morgan fingerprint density at radius 3 is 2.52 bits per heavy atom. The summed E-state index contributed by atoms with van der Waals surface area (Å²) < 4.78 is 32.8. The standard InChI is InChI=1S/C16H17NO7S/c1-23-13-9-11(16(19)20)4-3-10(13)7-8-17-15(18)12-5-6-14(24-12)25(2,21)22/h3-6,9H,7-8H2,1-2H3,(H,17,18)(H,19,20). The summed E-state index contributed by atoms with van der Waals surface area (Å²) in [6.45, 7) is 0.233. The average molecular weight is 367 g/mol. The van der Waals surface area contributed by atoms with Gasteiger partial charge in [-0.2, -0.15) is 0 Å². The summed E-state index contributed by atoms with van der Waals surface area (Å²) in [5.41, 5.74) is 0.831. The van der Waals surface area contributed by atoms with E-state index in [0.29, 0.717) is 12.2 Å². The smallest absolute Gasteiger partial charge is 0.335 e. The van der Waals surface area contributed by atoms with Gasteiger partial charge in [0.05, 0.1) is 12.7 Å². The van der Waals surface area contributed by atoms with Crippen LogP contribution in [-0.4, -0.2) is 45.3 Å². The highest BCUT2D eigenvalue weighted by atomic mass is 32.2. The molecule has 0 aliphatic heterocycles. The van der Waals surface area contributed by atoms with Crippen LogP contribution in [0.25, 0.3) is 0 Å². The highest BCUT2D eigenvalue weighted by Crippen LogP contribution is 2.21. The van der Waals surface area contributed by atoms with Gasteiger partial charge in [-0.1, -0.05) is 6.07 Å². The third-order valence-electron chi connectivity index (χ3n) is 3.38. The van der Waals surface area contributed by atoms with Crippen LogP contribution in [0.15, 0.2) is 39.8 Å². The van der Waals surface area contributed by atoms with E-state index in [1.54, 1.807) is 6.07 Å². The second-order valence-corrected chi connectivity index (χ2v) is 7.18. The van der Waals surface area contributed by atoms with Gasteiger partial charge in [-0.15, -0.1) is 0 Å². The van der Waals surface area contributed by atoms with Gasteiger partial charge in [-0.05, 0) is 36.2 Å². The Bertz CT molecular complexity index is 899. The van der Waals surface area contributed by atoms with Gasteiger partial charge >= 0.3 is 5.97 Å². The highest BCUT2D eigenvalue weighted by molar-refractivity contribution is 7.90. The third-order valence-corrected chi connectivity index (χ3v) is 4.33. The van der Waals surface area contributed by atoms with E-state index in [9.17, 15) is 18.0 Å². The van der Waals surface area contributed by atoms with Crippen molar-refractivity contribution in [3.8, 4) is 5.75 Å². The van der Waals surface area contributed by atoms with Crippen LogP contribution in [0.1, 0.15) is 26.5 Å². The van der Waals surface area contributed by atoms with E-state index in [2.05, 4.69) is 5.32 Å². The number of carbonyl (C=O) groups excluding carboxylic acids is 1. The van der Waals surface area contributed by atoms with Gasteiger partial charge < -0.3 is 19.6 Å². The molecule has 0 bridgehead atoms. The number of aromatic carboxylic acids is 1. The van der Waals surface area contributed by atoms with E-state index in [1.807, 2.05) is 0 Å². The van der Waals surface area contributed by atoms with Gasteiger partial charge in [0.25, 0.3) is 5.91 Å². The van der Waals surface area contributed by atoms with Crippen LogP contribution in [0, 0.1) is 0 Å². The minimum atomic E-state index is -3.51. The average Bonchev–Trinajstić information content (AvgIpc) is 3.05. The molecule has 2 rings (SSSR count). The fraction of sp³-hybridized carbons (Fsp3) is 0.250. The van der Waals surface area contributed by atoms with Crippen molar-refractivity contribution in [3.05, 3.63) is 47.2 Å². The van der Waals surface area contributed by atoms with E-state index in [0.717, 1.165) is 11.8 Å². The first-order chi connectivity index (χ1) is 11.7. The molecule has 1 aromatic carbocycles. The molecule has 134 valence electrons. The molecule has 2 aromatic rings. The number of nitrogens with one attached hydrogen (secondary N) is 1. The lowest BCUT2D eigenvalue weighted by Gasteiger charge is -2.10. The van der Waals surface area contributed by atoms with E-state index in [-0.39, 0.29) is 23.0 Å². The summed E-state index contributed by atoms with van der Waals surface area (Å²) in [5.74, 6) is -1.30. The Morgan fingerprint density at radius 1 is 1.24 bits per heavy atom. The van der Waals surface area contributed by atoms with Crippen LogP contribution < -0.4 is 10.1 Å². The van der Waals surface area contributed by atoms with Gasteiger partial charge in [0.15, 0.2) is 5.76 Å². The summed E-state index contributed by atoms with van der Waals surface area (Å²) in [6.07, 6.45) is 1.38.